The number of hydrogen-bond donors (Lipinski definition) is 2. The van der Waals surface area contributed by atoms with Gasteiger partial charge in [0.25, 0.3) is 15.9 Å². The van der Waals surface area contributed by atoms with E-state index in [0.29, 0.717) is 25.1 Å². The molecule has 11 heteroatoms. The highest BCUT2D eigenvalue weighted by Gasteiger charge is 2.39. The normalized spacial score (nSPS) is 20.2. The summed E-state index contributed by atoms with van der Waals surface area (Å²) in [5, 5.41) is 3.02. The van der Waals surface area contributed by atoms with Crippen LogP contribution in [0.15, 0.2) is 53.4 Å². The number of aryl methyl sites for hydroxylation is 2. The SMILES string of the molecule is CCC(C)(C)C(=O)N1CC[C@@H]2NC(=O)c3cccc(c3)S(=O)(=O)Nc3nc(cc(-c4c(C)cccc4C)n3)O[C@@H]2C1. The summed E-state index contributed by atoms with van der Waals surface area (Å²) in [7, 11) is -4.13. The van der Waals surface area contributed by atoms with Gasteiger partial charge in [0, 0.05) is 29.2 Å². The third-order valence-corrected chi connectivity index (χ3v) is 9.30. The van der Waals surface area contributed by atoms with Gasteiger partial charge in [-0.1, -0.05) is 45.0 Å². The summed E-state index contributed by atoms with van der Waals surface area (Å²) in [6.07, 6.45) is 0.497. The Morgan fingerprint density at radius 2 is 1.80 bits per heavy atom. The number of amides is 2. The number of hydrogen-bond acceptors (Lipinski definition) is 7. The Hall–Kier alpha value is -3.99. The number of aromatic nitrogens is 2. The van der Waals surface area contributed by atoms with E-state index in [9.17, 15) is 18.0 Å². The van der Waals surface area contributed by atoms with Gasteiger partial charge in [0.05, 0.1) is 23.2 Å². The molecule has 3 heterocycles. The molecule has 0 unspecified atom stereocenters. The van der Waals surface area contributed by atoms with Gasteiger partial charge in [0.1, 0.15) is 6.10 Å². The minimum absolute atomic E-state index is 0.0105. The first kappa shape index (κ1) is 28.5. The van der Waals surface area contributed by atoms with Crippen molar-refractivity contribution in [2.75, 3.05) is 17.8 Å². The summed E-state index contributed by atoms with van der Waals surface area (Å²) >= 11 is 0. The zero-order chi connectivity index (χ0) is 29.5. The summed E-state index contributed by atoms with van der Waals surface area (Å²) in [6.45, 7) is 10.4. The molecule has 41 heavy (non-hydrogen) atoms. The predicted octanol–water partition coefficient (Wildman–Crippen LogP) is 4.09. The average Bonchev–Trinajstić information content (AvgIpc) is 2.93. The minimum Gasteiger partial charge on any atom is -0.470 e. The van der Waals surface area contributed by atoms with E-state index in [2.05, 4.69) is 20.0 Å². The van der Waals surface area contributed by atoms with Gasteiger partial charge in [0.2, 0.25) is 17.7 Å². The molecule has 1 aromatic heterocycles. The Labute approximate surface area is 240 Å². The highest BCUT2D eigenvalue weighted by atomic mass is 32.2. The molecule has 5 rings (SSSR count). The fourth-order valence-corrected chi connectivity index (χ4v) is 6.22. The van der Waals surface area contributed by atoms with E-state index in [1.165, 1.54) is 18.2 Å². The van der Waals surface area contributed by atoms with Crippen molar-refractivity contribution in [2.24, 2.45) is 5.41 Å². The third kappa shape index (κ3) is 5.76. The van der Waals surface area contributed by atoms with Crippen LogP contribution in [-0.2, 0) is 14.8 Å². The summed E-state index contributed by atoms with van der Waals surface area (Å²) < 4.78 is 35.6. The minimum atomic E-state index is -4.13. The van der Waals surface area contributed by atoms with E-state index < -0.39 is 33.5 Å². The molecule has 2 aromatic carbocycles. The summed E-state index contributed by atoms with van der Waals surface area (Å²) in [4.78, 5) is 37.3. The molecule has 0 saturated carbocycles. The van der Waals surface area contributed by atoms with E-state index in [1.807, 2.05) is 52.8 Å². The number of nitrogens with one attached hydrogen (secondary N) is 2. The second kappa shape index (κ2) is 10.8. The molecule has 0 spiro atoms. The lowest BCUT2D eigenvalue weighted by atomic mass is 9.87. The molecule has 2 N–H and O–H groups in total. The zero-order valence-electron chi connectivity index (χ0n) is 23.9. The number of fused-ring (bicyclic) bond motifs is 5. The Balaban J connectivity index is 1.63. The second-order valence-corrected chi connectivity index (χ2v) is 13.0. The molecule has 4 bridgehead atoms. The summed E-state index contributed by atoms with van der Waals surface area (Å²) in [5.41, 5.74) is 2.88. The van der Waals surface area contributed by atoms with E-state index >= 15 is 0 Å². The molecule has 0 radical (unpaired) electrons. The second-order valence-electron chi connectivity index (χ2n) is 11.3. The van der Waals surface area contributed by atoms with Crippen molar-refractivity contribution < 1.29 is 22.7 Å². The summed E-state index contributed by atoms with van der Waals surface area (Å²) in [5.74, 6) is -0.440. The van der Waals surface area contributed by atoms with Gasteiger partial charge in [-0.05, 0) is 56.0 Å². The van der Waals surface area contributed by atoms with Crippen molar-refractivity contribution in [2.45, 2.75) is 64.5 Å². The van der Waals surface area contributed by atoms with Crippen LogP contribution in [0.25, 0.3) is 11.3 Å². The number of ether oxygens (including phenoxy) is 1. The number of anilines is 1. The molecule has 1 saturated heterocycles. The van der Waals surface area contributed by atoms with Crippen LogP contribution in [0, 0.1) is 19.3 Å². The molecule has 2 amide bonds. The fourth-order valence-electron chi connectivity index (χ4n) is 5.23. The maximum Gasteiger partial charge on any atom is 0.264 e. The lowest BCUT2D eigenvalue weighted by Gasteiger charge is -2.41. The molecular weight excluding hydrogens is 542 g/mol. The van der Waals surface area contributed by atoms with Gasteiger partial charge >= 0.3 is 0 Å². The summed E-state index contributed by atoms with van der Waals surface area (Å²) in [6, 6.07) is 12.9. The molecule has 10 nitrogen and oxygen atoms in total. The molecular formula is C30H35N5O5S. The standard InChI is InChI=1S/C30H35N5O5S/c1-6-30(4,5)28(37)35-14-13-22-24(17-35)40-25-16-23(26-18(2)9-7-10-19(26)3)32-29(33-25)34-41(38,39)21-12-8-11-20(15-21)27(36)31-22/h7-12,15-16,22,24H,6,13-14,17H2,1-5H3,(H,31,36)(H,32,33,34)/t22-,24+/m0/s1. The number of carbonyl (C=O) groups is 2. The lowest BCUT2D eigenvalue weighted by molar-refractivity contribution is -0.143. The first-order valence-corrected chi connectivity index (χ1v) is 15.2. The molecule has 1 fully saturated rings. The van der Waals surface area contributed by atoms with Gasteiger partial charge in [-0.25, -0.2) is 18.1 Å². The smallest absolute Gasteiger partial charge is 0.264 e. The lowest BCUT2D eigenvalue weighted by Crippen LogP contribution is -2.59. The Kier molecular flexibility index (Phi) is 7.50. The van der Waals surface area contributed by atoms with Gasteiger partial charge in [-0.15, -0.1) is 0 Å². The number of piperidine rings is 1. The van der Waals surface area contributed by atoms with Crippen LogP contribution >= 0.6 is 0 Å². The number of carbonyl (C=O) groups excluding carboxylic acids is 2. The molecule has 2 atom stereocenters. The number of likely N-dealkylation sites (tertiary alicyclic amines) is 1. The largest absolute Gasteiger partial charge is 0.470 e. The number of sulfonamides is 1. The van der Waals surface area contributed by atoms with Crippen LogP contribution in [-0.4, -0.2) is 60.3 Å². The molecule has 3 aromatic rings. The van der Waals surface area contributed by atoms with Crippen molar-refractivity contribution in [3.63, 3.8) is 0 Å². The number of nitrogens with zero attached hydrogens (tertiary/aromatic N) is 3. The molecule has 0 aliphatic carbocycles. The van der Waals surface area contributed by atoms with Crippen LogP contribution in [0.4, 0.5) is 5.95 Å². The van der Waals surface area contributed by atoms with Crippen LogP contribution in [0.5, 0.6) is 5.88 Å². The number of rotatable bonds is 3. The van der Waals surface area contributed by atoms with Gasteiger partial charge in [-0.3, -0.25) is 9.59 Å². The topological polar surface area (TPSA) is 131 Å². The first-order chi connectivity index (χ1) is 19.4. The molecule has 2 aliphatic heterocycles. The fraction of sp³-hybridized carbons (Fsp3) is 0.400. The van der Waals surface area contributed by atoms with Crippen LogP contribution in [0.2, 0.25) is 0 Å². The van der Waals surface area contributed by atoms with Crippen molar-refractivity contribution in [3.8, 4) is 17.1 Å². The monoisotopic (exact) mass is 577 g/mol. The maximum atomic E-state index is 13.4. The first-order valence-electron chi connectivity index (χ1n) is 13.7. The van der Waals surface area contributed by atoms with E-state index in [-0.39, 0.29) is 34.7 Å². The molecule has 2 aliphatic rings. The molecule has 216 valence electrons. The third-order valence-electron chi connectivity index (χ3n) is 7.97. The Bertz CT molecular complexity index is 1600. The van der Waals surface area contributed by atoms with Crippen molar-refractivity contribution in [3.05, 3.63) is 65.2 Å². The van der Waals surface area contributed by atoms with E-state index in [1.54, 1.807) is 17.0 Å². The predicted molar refractivity (Wildman–Crippen MR) is 155 cm³/mol. The van der Waals surface area contributed by atoms with Crippen LogP contribution in [0.3, 0.4) is 0 Å². The van der Waals surface area contributed by atoms with Gasteiger partial charge in [-0.2, -0.15) is 4.98 Å². The average molecular weight is 578 g/mol. The van der Waals surface area contributed by atoms with E-state index in [4.69, 9.17) is 4.74 Å². The highest BCUT2D eigenvalue weighted by Crippen LogP contribution is 2.31. The maximum absolute atomic E-state index is 13.4. The van der Waals surface area contributed by atoms with Crippen LogP contribution in [0.1, 0.15) is 55.1 Å². The van der Waals surface area contributed by atoms with Crippen molar-refractivity contribution in [1.29, 1.82) is 0 Å². The van der Waals surface area contributed by atoms with E-state index in [0.717, 1.165) is 16.7 Å². The quantitative estimate of drug-likeness (QED) is 0.480. The highest BCUT2D eigenvalue weighted by molar-refractivity contribution is 7.92. The van der Waals surface area contributed by atoms with Gasteiger partial charge < -0.3 is 15.0 Å². The van der Waals surface area contributed by atoms with Crippen LogP contribution < -0.4 is 14.8 Å². The van der Waals surface area contributed by atoms with Crippen molar-refractivity contribution >= 4 is 27.8 Å². The van der Waals surface area contributed by atoms with Gasteiger partial charge in [0.15, 0.2) is 0 Å². The van der Waals surface area contributed by atoms with Crippen molar-refractivity contribution in [1.82, 2.24) is 20.2 Å². The Morgan fingerprint density at radius 1 is 1.10 bits per heavy atom. The Morgan fingerprint density at radius 3 is 2.51 bits per heavy atom. The zero-order valence-corrected chi connectivity index (χ0v) is 24.7. The number of benzene rings is 2.